The number of carbonyl (C=O) groups excluding carboxylic acids is 2. The molecule has 0 aliphatic carbocycles. The second kappa shape index (κ2) is 8.71. The molecule has 1 aromatic heterocycles. The fraction of sp³-hybridized carbons (Fsp3) is 0.148. The van der Waals surface area contributed by atoms with Gasteiger partial charge in [0.15, 0.2) is 12.4 Å². The molecule has 4 aromatic rings. The number of halogens is 1. The number of rotatable bonds is 5. The highest BCUT2D eigenvalue weighted by Crippen LogP contribution is 2.31. The topological polar surface area (TPSA) is 56.3 Å². The number of hydrogen-bond donors (Lipinski definition) is 0. The van der Waals surface area contributed by atoms with E-state index in [-0.39, 0.29) is 5.56 Å². The molecule has 0 saturated carbocycles. The van der Waals surface area contributed by atoms with E-state index in [1.807, 2.05) is 63.2 Å². The number of aromatic nitrogens is 1. The highest BCUT2D eigenvalue weighted by atomic mass is 19.1. The molecule has 0 amide bonds. The zero-order valence-electron chi connectivity index (χ0n) is 18.1. The summed E-state index contributed by atoms with van der Waals surface area (Å²) in [7, 11) is 0. The van der Waals surface area contributed by atoms with Gasteiger partial charge >= 0.3 is 5.97 Å². The number of aryl methyl sites for hydroxylation is 2. The highest BCUT2D eigenvalue weighted by Gasteiger charge is 2.21. The molecule has 0 aliphatic rings. The van der Waals surface area contributed by atoms with Gasteiger partial charge in [-0.05, 0) is 62.7 Å². The van der Waals surface area contributed by atoms with E-state index in [1.54, 1.807) is 0 Å². The molecule has 0 bridgehead atoms. The second-order valence-corrected chi connectivity index (χ2v) is 7.85. The summed E-state index contributed by atoms with van der Waals surface area (Å²) in [5, 5.41) is 0.678. The normalized spacial score (nSPS) is 10.9. The zero-order valence-corrected chi connectivity index (χ0v) is 18.1. The van der Waals surface area contributed by atoms with Crippen molar-refractivity contribution in [3.63, 3.8) is 0 Å². The van der Waals surface area contributed by atoms with Crippen molar-refractivity contribution in [2.24, 2.45) is 0 Å². The van der Waals surface area contributed by atoms with Crippen molar-refractivity contribution in [2.75, 3.05) is 6.61 Å². The van der Waals surface area contributed by atoms with E-state index in [0.29, 0.717) is 27.7 Å². The van der Waals surface area contributed by atoms with Gasteiger partial charge in [-0.1, -0.05) is 41.5 Å². The third kappa shape index (κ3) is 4.28. The lowest BCUT2D eigenvalue weighted by atomic mass is 9.96. The number of nitrogens with zero attached hydrogens (tertiary/aromatic N) is 1. The Morgan fingerprint density at radius 1 is 0.875 bits per heavy atom. The predicted octanol–water partition coefficient (Wildman–Crippen LogP) is 6.01. The first-order valence-electron chi connectivity index (χ1n) is 10.3. The van der Waals surface area contributed by atoms with E-state index in [4.69, 9.17) is 9.72 Å². The molecule has 4 rings (SSSR count). The maximum absolute atomic E-state index is 13.2. The molecule has 3 aromatic carbocycles. The van der Waals surface area contributed by atoms with Crippen LogP contribution in [0.5, 0.6) is 0 Å². The van der Waals surface area contributed by atoms with Crippen molar-refractivity contribution in [1.29, 1.82) is 0 Å². The van der Waals surface area contributed by atoms with E-state index in [0.717, 1.165) is 16.7 Å². The molecule has 1 heterocycles. The monoisotopic (exact) mass is 427 g/mol. The van der Waals surface area contributed by atoms with Crippen molar-refractivity contribution in [3.8, 4) is 11.3 Å². The van der Waals surface area contributed by atoms with Crippen LogP contribution < -0.4 is 0 Å². The minimum absolute atomic E-state index is 0.284. The largest absolute Gasteiger partial charge is 0.454 e. The lowest BCUT2D eigenvalue weighted by Crippen LogP contribution is -2.16. The molecule has 0 saturated heterocycles. The maximum Gasteiger partial charge on any atom is 0.339 e. The Morgan fingerprint density at radius 3 is 2.22 bits per heavy atom. The predicted molar refractivity (Wildman–Crippen MR) is 122 cm³/mol. The lowest BCUT2D eigenvalue weighted by molar-refractivity contribution is 0.0476. The summed E-state index contributed by atoms with van der Waals surface area (Å²) >= 11 is 0. The third-order valence-electron chi connectivity index (χ3n) is 5.41. The van der Waals surface area contributed by atoms with Crippen LogP contribution in [0.1, 0.15) is 37.4 Å². The van der Waals surface area contributed by atoms with Gasteiger partial charge in [-0.15, -0.1) is 0 Å². The fourth-order valence-electron chi connectivity index (χ4n) is 3.65. The van der Waals surface area contributed by atoms with E-state index < -0.39 is 24.2 Å². The van der Waals surface area contributed by atoms with Gasteiger partial charge in [-0.3, -0.25) is 4.79 Å². The summed E-state index contributed by atoms with van der Waals surface area (Å²) in [6.45, 7) is 5.35. The molecule has 0 fully saturated rings. The van der Waals surface area contributed by atoms with E-state index >= 15 is 0 Å². The summed E-state index contributed by atoms with van der Waals surface area (Å²) < 4.78 is 18.5. The van der Waals surface area contributed by atoms with Crippen LogP contribution in [0.3, 0.4) is 0 Å². The number of ketones is 1. The van der Waals surface area contributed by atoms with Crippen LogP contribution in [-0.4, -0.2) is 23.3 Å². The van der Waals surface area contributed by atoms with Crippen molar-refractivity contribution in [2.45, 2.75) is 20.8 Å². The van der Waals surface area contributed by atoms with Gasteiger partial charge in [0, 0.05) is 16.5 Å². The molecule has 0 N–H and O–H groups in total. The standard InChI is InChI=1S/C27H22FNO3/c1-16-4-7-20(8-5-16)26-18(3)25(22-14-17(2)6-13-23(22)29-26)27(31)32-15-24(30)19-9-11-21(28)12-10-19/h4-14H,15H2,1-3H3. The maximum atomic E-state index is 13.2. The summed E-state index contributed by atoms with van der Waals surface area (Å²) in [5.41, 5.74) is 5.73. The molecular weight excluding hydrogens is 405 g/mol. The average molecular weight is 427 g/mol. The van der Waals surface area contributed by atoms with Crippen LogP contribution in [0.4, 0.5) is 4.39 Å². The van der Waals surface area contributed by atoms with Gasteiger partial charge < -0.3 is 4.74 Å². The number of fused-ring (bicyclic) bond motifs is 1. The number of benzene rings is 3. The summed E-state index contributed by atoms with van der Waals surface area (Å²) in [4.78, 5) is 30.4. The van der Waals surface area contributed by atoms with Gasteiger partial charge in [-0.25, -0.2) is 14.2 Å². The van der Waals surface area contributed by atoms with Gasteiger partial charge in [-0.2, -0.15) is 0 Å². The Morgan fingerprint density at radius 2 is 1.53 bits per heavy atom. The molecule has 5 heteroatoms. The molecule has 4 nitrogen and oxygen atoms in total. The Balaban J connectivity index is 1.72. The lowest BCUT2D eigenvalue weighted by Gasteiger charge is -2.15. The Kier molecular flexibility index (Phi) is 5.82. The van der Waals surface area contributed by atoms with Crippen LogP contribution in [-0.2, 0) is 4.74 Å². The Labute approximate surface area is 185 Å². The van der Waals surface area contributed by atoms with Crippen LogP contribution in [0.2, 0.25) is 0 Å². The van der Waals surface area contributed by atoms with Gasteiger partial charge in [0.2, 0.25) is 0 Å². The quantitative estimate of drug-likeness (QED) is 0.289. The Hall–Kier alpha value is -3.86. The number of esters is 1. The molecule has 160 valence electrons. The van der Waals surface area contributed by atoms with Crippen LogP contribution in [0.25, 0.3) is 22.2 Å². The first kappa shape index (κ1) is 21.4. The van der Waals surface area contributed by atoms with Gasteiger partial charge in [0.1, 0.15) is 5.82 Å². The molecular formula is C27H22FNO3. The number of ether oxygens (including phenoxy) is 1. The molecule has 0 atom stereocenters. The number of Topliss-reactive ketones (excluding diaryl/α,β-unsaturated/α-hetero) is 1. The minimum atomic E-state index is -0.593. The smallest absolute Gasteiger partial charge is 0.339 e. The van der Waals surface area contributed by atoms with Crippen LogP contribution >= 0.6 is 0 Å². The molecule has 0 radical (unpaired) electrons. The summed E-state index contributed by atoms with van der Waals surface area (Å²) in [5.74, 6) is -1.43. The third-order valence-corrected chi connectivity index (χ3v) is 5.41. The average Bonchev–Trinajstić information content (AvgIpc) is 2.78. The fourth-order valence-corrected chi connectivity index (χ4v) is 3.65. The summed E-state index contributed by atoms with van der Waals surface area (Å²) in [6, 6.07) is 18.8. The van der Waals surface area contributed by atoms with Crippen molar-refractivity contribution < 1.29 is 18.7 Å². The highest BCUT2D eigenvalue weighted by molar-refractivity contribution is 6.07. The van der Waals surface area contributed by atoms with E-state index in [9.17, 15) is 14.0 Å². The van der Waals surface area contributed by atoms with Gasteiger partial charge in [0.05, 0.1) is 16.8 Å². The first-order chi connectivity index (χ1) is 15.3. The molecule has 0 aliphatic heterocycles. The molecule has 0 unspecified atom stereocenters. The Bertz CT molecular complexity index is 1330. The molecule has 0 spiro atoms. The van der Waals surface area contributed by atoms with Crippen LogP contribution in [0, 0.1) is 26.6 Å². The van der Waals surface area contributed by atoms with Crippen molar-refractivity contribution >= 4 is 22.7 Å². The van der Waals surface area contributed by atoms with E-state index in [2.05, 4.69) is 0 Å². The van der Waals surface area contributed by atoms with Crippen molar-refractivity contribution in [1.82, 2.24) is 4.98 Å². The minimum Gasteiger partial charge on any atom is -0.454 e. The number of pyridine rings is 1. The SMILES string of the molecule is Cc1ccc(-c2nc3ccc(C)cc3c(C(=O)OCC(=O)c3ccc(F)cc3)c2C)cc1. The van der Waals surface area contributed by atoms with E-state index in [1.165, 1.54) is 24.3 Å². The number of carbonyl (C=O) groups is 2. The molecule has 32 heavy (non-hydrogen) atoms. The van der Waals surface area contributed by atoms with Crippen LogP contribution in [0.15, 0.2) is 66.7 Å². The summed E-state index contributed by atoms with van der Waals surface area (Å²) in [6.07, 6.45) is 0. The first-order valence-corrected chi connectivity index (χ1v) is 10.3. The second-order valence-electron chi connectivity index (χ2n) is 7.85. The van der Waals surface area contributed by atoms with Gasteiger partial charge in [0.25, 0.3) is 0 Å². The van der Waals surface area contributed by atoms with Crippen molar-refractivity contribution in [3.05, 3.63) is 100 Å². The zero-order chi connectivity index (χ0) is 22.8. The number of hydrogen-bond acceptors (Lipinski definition) is 4.